The molecule has 8 rings (SSSR count). The van der Waals surface area contributed by atoms with E-state index in [4.69, 9.17) is 0 Å². The summed E-state index contributed by atoms with van der Waals surface area (Å²) in [6.07, 6.45) is 4.98. The van der Waals surface area contributed by atoms with Gasteiger partial charge in [0.15, 0.2) is 0 Å². The summed E-state index contributed by atoms with van der Waals surface area (Å²) in [5.41, 5.74) is 17.2. The Hall–Kier alpha value is -4.67. The van der Waals surface area contributed by atoms with Crippen LogP contribution < -0.4 is 26.2 Å². The van der Waals surface area contributed by atoms with E-state index in [0.717, 1.165) is 0 Å². The smallest absolute Gasteiger partial charge is 0.252 e. The lowest BCUT2D eigenvalue weighted by atomic mass is 9.33. The van der Waals surface area contributed by atoms with Gasteiger partial charge in [0, 0.05) is 33.3 Å². The molecule has 298 valence electrons. The van der Waals surface area contributed by atoms with Crippen molar-refractivity contribution in [2.75, 3.05) is 22.3 Å². The van der Waals surface area contributed by atoms with E-state index in [-0.39, 0.29) is 28.4 Å². The van der Waals surface area contributed by atoms with E-state index < -0.39 is 10.0 Å². The zero-order valence-electron chi connectivity index (χ0n) is 37.5. The zero-order valence-corrected chi connectivity index (χ0v) is 38.3. The van der Waals surface area contributed by atoms with E-state index >= 15 is 0 Å². The molecule has 0 amide bonds. The maximum Gasteiger partial charge on any atom is 0.252 e. The van der Waals surface area contributed by atoms with E-state index in [1.54, 1.807) is 0 Å². The van der Waals surface area contributed by atoms with Crippen LogP contribution >= 0.6 is 10.0 Å². The summed E-state index contributed by atoms with van der Waals surface area (Å²) >= 11 is 0. The maximum absolute atomic E-state index is 2.63. The molecule has 0 spiro atoms. The lowest BCUT2D eigenvalue weighted by Gasteiger charge is -2.48. The molecule has 6 aromatic rings. The highest BCUT2D eigenvalue weighted by atomic mass is 32.3. The molecule has 0 radical (unpaired) electrons. The minimum Gasteiger partial charge on any atom is -0.311 e. The molecule has 2 aliphatic heterocycles. The maximum atomic E-state index is 2.63. The minimum absolute atomic E-state index is 0.00971. The predicted molar refractivity (Wildman–Crippen MR) is 258 cm³/mol. The molecule has 2 nitrogen and oxygen atoms in total. The van der Waals surface area contributed by atoms with Crippen molar-refractivity contribution in [2.45, 2.75) is 115 Å². The molecule has 2 heterocycles. The number of fused-ring (bicyclic) bond motifs is 4. The Balaban J connectivity index is 1.53. The SMILES string of the molecule is CC(C)(C)c1ccc(N2c3ccc(C(C)(C)C)cc3B3c4cc(C(C)(C)C)ccc4N(c4ccc(C(C)(C)C)cc4)c4c(S(C)(C)c5ccccc5)ccc2c43)cc1. The van der Waals surface area contributed by atoms with Crippen LogP contribution in [0.3, 0.4) is 0 Å². The fourth-order valence-electron chi connectivity index (χ4n) is 8.99. The van der Waals surface area contributed by atoms with Gasteiger partial charge in [-0.2, -0.15) is 10.0 Å². The molecule has 0 N–H and O–H groups in total. The van der Waals surface area contributed by atoms with Crippen LogP contribution in [0.5, 0.6) is 0 Å². The predicted octanol–water partition coefficient (Wildman–Crippen LogP) is 13.4. The molecule has 4 heteroatoms. The molecule has 6 aromatic carbocycles. The van der Waals surface area contributed by atoms with Gasteiger partial charge in [-0.25, -0.2) is 0 Å². The molecule has 58 heavy (non-hydrogen) atoms. The quantitative estimate of drug-likeness (QED) is 0.164. The number of anilines is 6. The van der Waals surface area contributed by atoms with Crippen molar-refractivity contribution in [2.24, 2.45) is 0 Å². The first kappa shape index (κ1) is 40.1. The molecule has 0 unspecified atom stereocenters. The third kappa shape index (κ3) is 6.80. The molecule has 0 atom stereocenters. The molecule has 0 aromatic heterocycles. The molecule has 0 fully saturated rings. The summed E-state index contributed by atoms with van der Waals surface area (Å²) in [4.78, 5) is 8.00. The van der Waals surface area contributed by atoms with Crippen molar-refractivity contribution >= 4 is 67.3 Å². The molecular formula is C54H63BN2S. The number of rotatable bonds is 4. The first-order valence-electron chi connectivity index (χ1n) is 21.1. The van der Waals surface area contributed by atoms with Crippen LogP contribution in [0.15, 0.2) is 137 Å². The van der Waals surface area contributed by atoms with Gasteiger partial charge in [-0.05, 0) is 138 Å². The number of hydrogen-bond acceptors (Lipinski definition) is 2. The van der Waals surface area contributed by atoms with Crippen molar-refractivity contribution < 1.29 is 0 Å². The third-order valence-electron chi connectivity index (χ3n) is 12.7. The van der Waals surface area contributed by atoms with E-state index in [0.29, 0.717) is 0 Å². The monoisotopic (exact) mass is 782 g/mol. The van der Waals surface area contributed by atoms with E-state index in [2.05, 4.69) is 233 Å². The fraction of sp³-hybridized carbons (Fsp3) is 0.333. The molecular weight excluding hydrogens is 719 g/mol. The van der Waals surface area contributed by atoms with E-state index in [9.17, 15) is 0 Å². The Morgan fingerprint density at radius 1 is 0.414 bits per heavy atom. The van der Waals surface area contributed by atoms with Crippen molar-refractivity contribution in [3.05, 3.63) is 150 Å². The van der Waals surface area contributed by atoms with Crippen LogP contribution in [-0.2, 0) is 21.7 Å². The third-order valence-corrected chi connectivity index (χ3v) is 15.5. The average Bonchev–Trinajstić information content (AvgIpc) is 3.16. The van der Waals surface area contributed by atoms with Gasteiger partial charge in [-0.3, -0.25) is 0 Å². The van der Waals surface area contributed by atoms with Gasteiger partial charge in [0.1, 0.15) is 0 Å². The standard InChI is InChI=1S/C54H63BN2S/c1-51(2,3)36-20-26-40(27-21-36)56-45-30-24-38(53(7,8)9)34-43(45)55-44-35-39(54(10,11)12)25-31-46(44)57(41-28-22-37(23-29-41)52(4,5)6)50-48(33-32-47(56)49(50)55)58(13,14)42-18-16-15-17-19-42/h15-35H,1-14H3. The minimum atomic E-state index is -1.48. The summed E-state index contributed by atoms with van der Waals surface area (Å²) in [7, 11) is -1.48. The van der Waals surface area contributed by atoms with Crippen molar-refractivity contribution in [3.63, 3.8) is 0 Å². The second-order valence-corrected chi connectivity index (χ2v) is 24.8. The molecule has 2 aliphatic rings. The number of benzene rings is 6. The van der Waals surface area contributed by atoms with Gasteiger partial charge in [-0.1, -0.05) is 150 Å². The van der Waals surface area contributed by atoms with Crippen molar-refractivity contribution in [3.8, 4) is 0 Å². The van der Waals surface area contributed by atoms with Gasteiger partial charge in [0.25, 0.3) is 6.71 Å². The van der Waals surface area contributed by atoms with Crippen LogP contribution in [0.1, 0.15) is 105 Å². The average molecular weight is 783 g/mol. The zero-order chi connectivity index (χ0) is 41.7. The van der Waals surface area contributed by atoms with Crippen molar-refractivity contribution in [1.29, 1.82) is 0 Å². The van der Waals surface area contributed by atoms with E-state index in [1.807, 2.05) is 0 Å². The van der Waals surface area contributed by atoms with Gasteiger partial charge < -0.3 is 9.80 Å². The van der Waals surface area contributed by atoms with Gasteiger partial charge in [0.05, 0.1) is 5.69 Å². The highest BCUT2D eigenvalue weighted by molar-refractivity contribution is 8.32. The first-order valence-corrected chi connectivity index (χ1v) is 23.6. The summed E-state index contributed by atoms with van der Waals surface area (Å²) in [6.45, 7) is 27.9. The van der Waals surface area contributed by atoms with Crippen LogP contribution in [0.2, 0.25) is 0 Å². The summed E-state index contributed by atoms with van der Waals surface area (Å²) < 4.78 is 0. The Bertz CT molecular complexity index is 2480. The second kappa shape index (κ2) is 13.7. The van der Waals surface area contributed by atoms with Gasteiger partial charge >= 0.3 is 0 Å². The van der Waals surface area contributed by atoms with Gasteiger partial charge in [-0.15, -0.1) is 0 Å². The molecule has 0 bridgehead atoms. The van der Waals surface area contributed by atoms with Gasteiger partial charge in [0.2, 0.25) is 0 Å². The summed E-state index contributed by atoms with van der Waals surface area (Å²) in [6, 6.07) is 49.7. The largest absolute Gasteiger partial charge is 0.311 e. The number of hydrogen-bond donors (Lipinski definition) is 0. The van der Waals surface area contributed by atoms with Crippen LogP contribution in [-0.4, -0.2) is 19.2 Å². The Kier molecular flexibility index (Phi) is 9.48. The Morgan fingerprint density at radius 3 is 1.26 bits per heavy atom. The highest BCUT2D eigenvalue weighted by Gasteiger charge is 2.46. The lowest BCUT2D eigenvalue weighted by Crippen LogP contribution is -2.62. The number of nitrogens with zero attached hydrogens (tertiary/aromatic N) is 2. The Morgan fingerprint density at radius 2 is 0.810 bits per heavy atom. The highest BCUT2D eigenvalue weighted by Crippen LogP contribution is 2.62. The summed E-state index contributed by atoms with van der Waals surface area (Å²) in [5.74, 6) is 0. The molecule has 0 aliphatic carbocycles. The molecule has 0 saturated heterocycles. The fourth-order valence-corrected chi connectivity index (χ4v) is 11.2. The molecule has 0 saturated carbocycles. The van der Waals surface area contributed by atoms with Crippen molar-refractivity contribution in [1.82, 2.24) is 0 Å². The summed E-state index contributed by atoms with van der Waals surface area (Å²) in [5, 5.41) is 0. The topological polar surface area (TPSA) is 6.48 Å². The van der Waals surface area contributed by atoms with Crippen LogP contribution in [0.25, 0.3) is 0 Å². The second-order valence-electron chi connectivity index (χ2n) is 21.2. The first-order chi connectivity index (χ1) is 27.1. The van der Waals surface area contributed by atoms with Crippen LogP contribution in [0, 0.1) is 0 Å². The normalized spacial score (nSPS) is 14.6. The van der Waals surface area contributed by atoms with Crippen LogP contribution in [0.4, 0.5) is 34.1 Å². The lowest BCUT2D eigenvalue weighted by molar-refractivity contribution is 0.590. The Labute approximate surface area is 352 Å². The van der Waals surface area contributed by atoms with E-state index in [1.165, 1.54) is 82.6 Å².